The molecule has 2 aliphatic rings. The molecule has 2 heteroatoms. The smallest absolute Gasteiger partial charge is 0.0110 e. The Morgan fingerprint density at radius 1 is 1.08 bits per heavy atom. The van der Waals surface area contributed by atoms with Gasteiger partial charge in [-0.05, 0) is 12.8 Å². The summed E-state index contributed by atoms with van der Waals surface area (Å²) in [6.45, 7) is 8.97. The highest BCUT2D eigenvalue weighted by atomic mass is 15.2. The molecule has 1 saturated heterocycles. The Morgan fingerprint density at radius 3 is 2.08 bits per heavy atom. The Morgan fingerprint density at radius 2 is 1.67 bits per heavy atom. The van der Waals surface area contributed by atoms with Crippen LogP contribution in [0, 0.1) is 0 Å². The van der Waals surface area contributed by atoms with Crippen LogP contribution in [0.25, 0.3) is 0 Å². The van der Waals surface area contributed by atoms with Crippen LogP contribution in [0.1, 0.15) is 33.1 Å². The van der Waals surface area contributed by atoms with Crippen LogP contribution in [0.4, 0.5) is 0 Å². The van der Waals surface area contributed by atoms with Crippen LogP contribution in [0.3, 0.4) is 0 Å². The number of hydrogen-bond donors (Lipinski definition) is 1. The number of nitrogens with one attached hydrogen (secondary N) is 1. The summed E-state index contributed by atoms with van der Waals surface area (Å²) in [5, 5.41) is 3.38. The number of rotatable bonds is 1. The molecule has 0 spiro atoms. The molecule has 2 fully saturated rings. The van der Waals surface area contributed by atoms with Crippen molar-refractivity contribution < 1.29 is 0 Å². The van der Waals surface area contributed by atoms with E-state index in [1.54, 1.807) is 0 Å². The predicted octanol–water partition coefficient (Wildman–Crippen LogP) is 1.47. The van der Waals surface area contributed by atoms with Gasteiger partial charge in [0.05, 0.1) is 0 Å². The van der Waals surface area contributed by atoms with Gasteiger partial charge in [0.15, 0.2) is 0 Å². The topological polar surface area (TPSA) is 15.3 Å². The molecular formula is C10H22N2. The molecular weight excluding hydrogens is 148 g/mol. The molecule has 1 heterocycles. The van der Waals surface area contributed by atoms with Crippen LogP contribution in [0.5, 0.6) is 0 Å². The van der Waals surface area contributed by atoms with E-state index in [9.17, 15) is 0 Å². The summed E-state index contributed by atoms with van der Waals surface area (Å²) in [5.74, 6) is 0. The van der Waals surface area contributed by atoms with Gasteiger partial charge >= 0.3 is 0 Å². The molecule has 0 aromatic heterocycles. The van der Waals surface area contributed by atoms with Gasteiger partial charge in [0.1, 0.15) is 0 Å². The molecule has 0 aromatic carbocycles. The molecule has 1 aliphatic heterocycles. The van der Waals surface area contributed by atoms with Crippen molar-refractivity contribution in [2.75, 3.05) is 26.2 Å². The third-order valence-corrected chi connectivity index (χ3v) is 2.74. The van der Waals surface area contributed by atoms with Crippen LogP contribution in [-0.2, 0) is 0 Å². The minimum Gasteiger partial charge on any atom is -0.314 e. The van der Waals surface area contributed by atoms with Crippen molar-refractivity contribution in [2.45, 2.75) is 39.2 Å². The van der Waals surface area contributed by atoms with E-state index in [0.717, 1.165) is 6.04 Å². The summed E-state index contributed by atoms with van der Waals surface area (Å²) in [6.07, 6.45) is 4.38. The number of piperazine rings is 1. The molecule has 72 valence electrons. The summed E-state index contributed by atoms with van der Waals surface area (Å²) < 4.78 is 0. The van der Waals surface area contributed by atoms with Gasteiger partial charge in [-0.25, -0.2) is 0 Å². The van der Waals surface area contributed by atoms with Crippen LogP contribution >= 0.6 is 0 Å². The van der Waals surface area contributed by atoms with Crippen molar-refractivity contribution >= 4 is 0 Å². The molecule has 2 nitrogen and oxygen atoms in total. The van der Waals surface area contributed by atoms with E-state index in [-0.39, 0.29) is 0 Å². The molecule has 0 bridgehead atoms. The molecule has 12 heavy (non-hydrogen) atoms. The zero-order valence-electron chi connectivity index (χ0n) is 8.47. The maximum absolute atomic E-state index is 3.38. The Hall–Kier alpha value is -0.0800. The van der Waals surface area contributed by atoms with Crippen molar-refractivity contribution in [2.24, 2.45) is 0 Å². The monoisotopic (exact) mass is 170 g/mol. The predicted molar refractivity (Wildman–Crippen MR) is 53.4 cm³/mol. The summed E-state index contributed by atoms with van der Waals surface area (Å²) in [6, 6.07) is 0.960. The molecule has 0 radical (unpaired) electrons. The largest absolute Gasteiger partial charge is 0.314 e. The lowest BCUT2D eigenvalue weighted by Gasteiger charge is -2.39. The van der Waals surface area contributed by atoms with E-state index < -0.39 is 0 Å². The Labute approximate surface area is 76.3 Å². The van der Waals surface area contributed by atoms with Crippen LogP contribution in [0.15, 0.2) is 0 Å². The van der Waals surface area contributed by atoms with Gasteiger partial charge < -0.3 is 5.32 Å². The Balaban J connectivity index is 0.000000336. The molecule has 1 N–H and O–H groups in total. The van der Waals surface area contributed by atoms with Gasteiger partial charge in [0.25, 0.3) is 0 Å². The van der Waals surface area contributed by atoms with E-state index in [2.05, 4.69) is 10.2 Å². The van der Waals surface area contributed by atoms with Crippen LogP contribution < -0.4 is 5.32 Å². The van der Waals surface area contributed by atoms with Gasteiger partial charge in [0.2, 0.25) is 0 Å². The van der Waals surface area contributed by atoms with E-state index in [0.29, 0.717) is 0 Å². The third-order valence-electron chi connectivity index (χ3n) is 2.74. The second-order valence-electron chi connectivity index (χ2n) is 3.37. The van der Waals surface area contributed by atoms with Crippen molar-refractivity contribution in [1.29, 1.82) is 0 Å². The van der Waals surface area contributed by atoms with Crippen LogP contribution in [-0.4, -0.2) is 37.1 Å². The highest BCUT2D eigenvalue weighted by Crippen LogP contribution is 2.24. The minimum absolute atomic E-state index is 0.960. The molecule has 0 amide bonds. The Kier molecular flexibility index (Phi) is 4.62. The maximum atomic E-state index is 3.38. The lowest BCUT2D eigenvalue weighted by molar-refractivity contribution is 0.112. The summed E-state index contributed by atoms with van der Waals surface area (Å²) >= 11 is 0. The normalized spacial score (nSPS) is 25.5. The minimum atomic E-state index is 0.960. The second kappa shape index (κ2) is 5.55. The average molecular weight is 170 g/mol. The quantitative estimate of drug-likeness (QED) is 0.641. The maximum Gasteiger partial charge on any atom is 0.0110 e. The molecule has 0 atom stereocenters. The molecule has 0 aromatic rings. The lowest BCUT2D eigenvalue weighted by Crippen LogP contribution is -2.50. The SMILES string of the molecule is C1CC(N2CCNCC2)C1.CC. The van der Waals surface area contributed by atoms with Crippen molar-refractivity contribution in [3.8, 4) is 0 Å². The molecule has 2 rings (SSSR count). The zero-order chi connectivity index (χ0) is 8.81. The van der Waals surface area contributed by atoms with E-state index in [4.69, 9.17) is 0 Å². The first-order valence-electron chi connectivity index (χ1n) is 5.41. The van der Waals surface area contributed by atoms with Gasteiger partial charge in [0, 0.05) is 32.2 Å². The van der Waals surface area contributed by atoms with E-state index in [1.165, 1.54) is 45.4 Å². The standard InChI is InChI=1S/C8H16N2.C2H6/c1-2-8(3-1)10-6-4-9-5-7-10;1-2/h8-9H,1-7H2;1-2H3. The first kappa shape index (κ1) is 10.0. The molecule has 1 aliphatic carbocycles. The van der Waals surface area contributed by atoms with Gasteiger partial charge in [-0.1, -0.05) is 20.3 Å². The van der Waals surface area contributed by atoms with Gasteiger partial charge in [-0.15, -0.1) is 0 Å². The summed E-state index contributed by atoms with van der Waals surface area (Å²) in [7, 11) is 0. The fraction of sp³-hybridized carbons (Fsp3) is 1.00. The highest BCUT2D eigenvalue weighted by molar-refractivity contribution is 4.82. The summed E-state index contributed by atoms with van der Waals surface area (Å²) in [5.41, 5.74) is 0. The third kappa shape index (κ3) is 2.46. The average Bonchev–Trinajstić information content (AvgIpc) is 2.07. The fourth-order valence-electron chi connectivity index (χ4n) is 1.80. The second-order valence-corrected chi connectivity index (χ2v) is 3.37. The van der Waals surface area contributed by atoms with Gasteiger partial charge in [-0.2, -0.15) is 0 Å². The first-order chi connectivity index (χ1) is 5.97. The van der Waals surface area contributed by atoms with E-state index in [1.807, 2.05) is 13.8 Å². The molecule has 1 saturated carbocycles. The number of hydrogen-bond acceptors (Lipinski definition) is 2. The zero-order valence-corrected chi connectivity index (χ0v) is 8.47. The number of nitrogens with zero attached hydrogens (tertiary/aromatic N) is 1. The Bertz CT molecular complexity index is 104. The fourth-order valence-corrected chi connectivity index (χ4v) is 1.80. The molecule has 0 unspecified atom stereocenters. The van der Waals surface area contributed by atoms with Crippen molar-refractivity contribution in [3.63, 3.8) is 0 Å². The van der Waals surface area contributed by atoms with Crippen molar-refractivity contribution in [3.05, 3.63) is 0 Å². The van der Waals surface area contributed by atoms with Crippen molar-refractivity contribution in [1.82, 2.24) is 10.2 Å². The lowest BCUT2D eigenvalue weighted by atomic mass is 9.91. The summed E-state index contributed by atoms with van der Waals surface area (Å²) in [4.78, 5) is 2.64. The van der Waals surface area contributed by atoms with Gasteiger partial charge in [-0.3, -0.25) is 4.90 Å². The first-order valence-corrected chi connectivity index (χ1v) is 5.41. The highest BCUT2D eigenvalue weighted by Gasteiger charge is 2.25. The van der Waals surface area contributed by atoms with E-state index >= 15 is 0 Å². The van der Waals surface area contributed by atoms with Crippen LogP contribution in [0.2, 0.25) is 0 Å².